The molecular formula is C15H17ClN2O3S2. The van der Waals surface area contributed by atoms with E-state index in [4.69, 9.17) is 11.6 Å². The van der Waals surface area contributed by atoms with Gasteiger partial charge in [0.15, 0.2) is 15.0 Å². The van der Waals surface area contributed by atoms with Crippen LogP contribution < -0.4 is 4.90 Å². The number of hydrogen-bond donors (Lipinski definition) is 0. The van der Waals surface area contributed by atoms with Crippen LogP contribution in [0.2, 0.25) is 5.02 Å². The van der Waals surface area contributed by atoms with E-state index >= 15 is 0 Å². The number of carbonyl (C=O) groups excluding carboxylic acids is 1. The third-order valence-electron chi connectivity index (χ3n) is 3.84. The van der Waals surface area contributed by atoms with Crippen molar-refractivity contribution in [2.45, 2.75) is 31.1 Å². The first-order valence-electron chi connectivity index (χ1n) is 7.43. The maximum absolute atomic E-state index is 11.9. The summed E-state index contributed by atoms with van der Waals surface area (Å²) in [6.45, 7) is 1.93. The fourth-order valence-corrected chi connectivity index (χ4v) is 6.98. The van der Waals surface area contributed by atoms with Crippen LogP contribution in [0.1, 0.15) is 19.8 Å². The predicted octanol–water partition coefficient (Wildman–Crippen LogP) is 2.74. The van der Waals surface area contributed by atoms with Gasteiger partial charge < -0.3 is 4.90 Å². The van der Waals surface area contributed by atoms with Crippen molar-refractivity contribution in [2.24, 2.45) is 4.99 Å². The van der Waals surface area contributed by atoms with Crippen molar-refractivity contribution >= 4 is 50.0 Å². The van der Waals surface area contributed by atoms with Crippen LogP contribution >= 0.6 is 23.4 Å². The lowest BCUT2D eigenvalue weighted by Crippen LogP contribution is -2.37. The molecule has 3 rings (SSSR count). The predicted molar refractivity (Wildman–Crippen MR) is 95.1 cm³/mol. The van der Waals surface area contributed by atoms with Gasteiger partial charge in [0.25, 0.3) is 0 Å². The van der Waals surface area contributed by atoms with Crippen LogP contribution in [-0.4, -0.2) is 42.3 Å². The molecule has 0 saturated carbocycles. The molecule has 0 radical (unpaired) electrons. The van der Waals surface area contributed by atoms with Gasteiger partial charge in [-0.15, -0.1) is 0 Å². The summed E-state index contributed by atoms with van der Waals surface area (Å²) < 4.78 is 23.9. The van der Waals surface area contributed by atoms with E-state index in [1.54, 1.807) is 12.1 Å². The molecule has 1 aromatic rings. The number of rotatable bonds is 3. The lowest BCUT2D eigenvalue weighted by atomic mass is 10.2. The average Bonchev–Trinajstić information content (AvgIpc) is 2.89. The van der Waals surface area contributed by atoms with E-state index in [1.807, 2.05) is 24.0 Å². The number of thioether (sulfide) groups is 1. The quantitative estimate of drug-likeness (QED) is 0.816. The second kappa shape index (κ2) is 6.45. The molecule has 1 aromatic carbocycles. The molecule has 5 nitrogen and oxygen atoms in total. The molecule has 0 aliphatic carbocycles. The van der Waals surface area contributed by atoms with Crippen molar-refractivity contribution in [3.05, 3.63) is 29.3 Å². The molecule has 124 valence electrons. The second-order valence-corrected chi connectivity index (χ2v) is 9.49. The van der Waals surface area contributed by atoms with Gasteiger partial charge in [-0.25, -0.2) is 8.42 Å². The minimum Gasteiger partial charge on any atom is -0.316 e. The highest BCUT2D eigenvalue weighted by Crippen LogP contribution is 2.41. The number of benzene rings is 1. The number of aliphatic imine (C=N–C) groups is 1. The molecule has 2 atom stereocenters. The Bertz CT molecular complexity index is 764. The minimum absolute atomic E-state index is 0.0815. The Hall–Kier alpha value is -1.05. The average molecular weight is 373 g/mol. The van der Waals surface area contributed by atoms with Crippen LogP contribution in [0, 0.1) is 0 Å². The fourth-order valence-electron chi connectivity index (χ4n) is 2.87. The van der Waals surface area contributed by atoms with Crippen molar-refractivity contribution in [3.8, 4) is 0 Å². The number of amides is 1. The standard InChI is InChI=1S/C15H17ClN2O3S2/c1-2-4-14(19)17-15-18(11-6-3-5-10(16)7-11)12-8-23(20,21)9-13(12)22-15/h3,5-7,12-13H,2,4,8-9H2,1H3/t12-,13+/m1/s1. The van der Waals surface area contributed by atoms with E-state index in [0.29, 0.717) is 16.6 Å². The van der Waals surface area contributed by atoms with Crippen molar-refractivity contribution in [3.63, 3.8) is 0 Å². The summed E-state index contributed by atoms with van der Waals surface area (Å²) >= 11 is 7.45. The Morgan fingerprint density at radius 1 is 1.43 bits per heavy atom. The molecule has 2 fully saturated rings. The molecule has 0 unspecified atom stereocenters. The lowest BCUT2D eigenvalue weighted by molar-refractivity contribution is -0.117. The number of carbonyl (C=O) groups is 1. The minimum atomic E-state index is -3.05. The van der Waals surface area contributed by atoms with E-state index in [0.717, 1.165) is 12.1 Å². The van der Waals surface area contributed by atoms with Gasteiger partial charge in [-0.3, -0.25) is 4.79 Å². The van der Waals surface area contributed by atoms with Gasteiger partial charge in [-0.05, 0) is 24.6 Å². The summed E-state index contributed by atoms with van der Waals surface area (Å²) in [4.78, 5) is 18.0. The number of hydrogen-bond acceptors (Lipinski definition) is 4. The highest BCUT2D eigenvalue weighted by Gasteiger charge is 2.49. The third-order valence-corrected chi connectivity index (χ3v) is 7.28. The molecule has 2 aliphatic rings. The molecule has 2 aliphatic heterocycles. The number of halogens is 1. The molecule has 0 aromatic heterocycles. The van der Waals surface area contributed by atoms with Gasteiger partial charge in [-0.2, -0.15) is 4.99 Å². The van der Waals surface area contributed by atoms with Gasteiger partial charge in [0.1, 0.15) is 0 Å². The summed E-state index contributed by atoms with van der Waals surface area (Å²) in [5, 5.41) is 1.05. The molecule has 8 heteroatoms. The Balaban J connectivity index is 1.99. The smallest absolute Gasteiger partial charge is 0.248 e. The first-order valence-corrected chi connectivity index (χ1v) is 10.5. The van der Waals surface area contributed by atoms with Gasteiger partial charge in [0, 0.05) is 22.4 Å². The third kappa shape index (κ3) is 3.56. The molecule has 2 saturated heterocycles. The zero-order valence-corrected chi connectivity index (χ0v) is 15.0. The van der Waals surface area contributed by atoms with Crippen LogP contribution in [0.3, 0.4) is 0 Å². The highest BCUT2D eigenvalue weighted by atomic mass is 35.5. The Labute approximate surface area is 145 Å². The second-order valence-electron chi connectivity index (χ2n) is 5.69. The topological polar surface area (TPSA) is 66.8 Å². The van der Waals surface area contributed by atoms with E-state index < -0.39 is 9.84 Å². The monoisotopic (exact) mass is 372 g/mol. The summed E-state index contributed by atoms with van der Waals surface area (Å²) in [5.74, 6) is 0.0308. The molecule has 1 amide bonds. The Morgan fingerprint density at radius 2 is 2.22 bits per heavy atom. The molecule has 2 heterocycles. The van der Waals surface area contributed by atoms with Crippen molar-refractivity contribution < 1.29 is 13.2 Å². The number of anilines is 1. The van der Waals surface area contributed by atoms with Crippen molar-refractivity contribution in [1.29, 1.82) is 0 Å². The maximum Gasteiger partial charge on any atom is 0.248 e. The zero-order chi connectivity index (χ0) is 16.6. The summed E-state index contributed by atoms with van der Waals surface area (Å²) in [5.41, 5.74) is 0.776. The Kier molecular flexibility index (Phi) is 4.71. The zero-order valence-electron chi connectivity index (χ0n) is 12.6. The van der Waals surface area contributed by atoms with Gasteiger partial charge in [-0.1, -0.05) is 36.4 Å². The first kappa shape index (κ1) is 16.8. The summed E-state index contributed by atoms with van der Waals surface area (Å²) in [7, 11) is -3.05. The number of sulfone groups is 1. The SMILES string of the molecule is CCCC(=O)N=C1S[C@H]2CS(=O)(=O)C[C@H]2N1c1cccc(Cl)c1. The number of amidine groups is 1. The molecule has 0 spiro atoms. The van der Waals surface area contributed by atoms with Crippen molar-refractivity contribution in [2.75, 3.05) is 16.4 Å². The number of fused-ring (bicyclic) bond motifs is 1. The molecular weight excluding hydrogens is 356 g/mol. The van der Waals surface area contributed by atoms with Gasteiger partial charge in [0.05, 0.1) is 17.5 Å². The molecule has 0 N–H and O–H groups in total. The molecule has 0 bridgehead atoms. The van der Waals surface area contributed by atoms with E-state index in [2.05, 4.69) is 4.99 Å². The van der Waals surface area contributed by atoms with Crippen LogP contribution in [0.15, 0.2) is 29.3 Å². The van der Waals surface area contributed by atoms with Crippen LogP contribution in [0.4, 0.5) is 5.69 Å². The van der Waals surface area contributed by atoms with Gasteiger partial charge in [0.2, 0.25) is 5.91 Å². The van der Waals surface area contributed by atoms with E-state index in [9.17, 15) is 13.2 Å². The van der Waals surface area contributed by atoms with Crippen molar-refractivity contribution in [1.82, 2.24) is 0 Å². The van der Waals surface area contributed by atoms with Crippen LogP contribution in [-0.2, 0) is 14.6 Å². The van der Waals surface area contributed by atoms with Crippen LogP contribution in [0.25, 0.3) is 0 Å². The van der Waals surface area contributed by atoms with E-state index in [1.165, 1.54) is 11.8 Å². The first-order chi connectivity index (χ1) is 10.9. The normalized spacial score (nSPS) is 27.4. The largest absolute Gasteiger partial charge is 0.316 e. The van der Waals surface area contributed by atoms with Crippen LogP contribution in [0.5, 0.6) is 0 Å². The fraction of sp³-hybridized carbons (Fsp3) is 0.467. The summed E-state index contributed by atoms with van der Waals surface area (Å²) in [6.07, 6.45) is 1.12. The Morgan fingerprint density at radius 3 is 2.91 bits per heavy atom. The highest BCUT2D eigenvalue weighted by molar-refractivity contribution is 8.16. The molecule has 23 heavy (non-hydrogen) atoms. The van der Waals surface area contributed by atoms with Gasteiger partial charge >= 0.3 is 0 Å². The summed E-state index contributed by atoms with van der Waals surface area (Å²) in [6, 6.07) is 7.01. The lowest BCUT2D eigenvalue weighted by Gasteiger charge is -2.24. The maximum atomic E-state index is 11.9. The number of nitrogens with zero attached hydrogens (tertiary/aromatic N) is 2. The van der Waals surface area contributed by atoms with E-state index in [-0.39, 0.29) is 28.7 Å².